The maximum absolute atomic E-state index is 6.12. The maximum Gasteiger partial charge on any atom is 0.0638 e. The van der Waals surface area contributed by atoms with Crippen LogP contribution in [-0.4, -0.2) is 24.0 Å². The smallest absolute Gasteiger partial charge is 0.0638 e. The number of benzene rings is 2. The molecule has 0 unspecified atom stereocenters. The Morgan fingerprint density at radius 1 is 1.12 bits per heavy atom. The molecule has 3 N–H and O–H groups in total. The Balaban J connectivity index is 1.46. The molecule has 0 spiro atoms. The van der Waals surface area contributed by atoms with Crippen LogP contribution >= 0.6 is 11.6 Å². The highest BCUT2D eigenvalue weighted by Gasteiger charge is 2.19. The third-order valence-electron chi connectivity index (χ3n) is 5.14. The van der Waals surface area contributed by atoms with Gasteiger partial charge in [-0.2, -0.15) is 0 Å². The summed E-state index contributed by atoms with van der Waals surface area (Å²) in [6, 6.07) is 13.3. The van der Waals surface area contributed by atoms with Crippen LogP contribution < -0.4 is 11.1 Å². The molecule has 1 saturated heterocycles. The summed E-state index contributed by atoms with van der Waals surface area (Å²) < 4.78 is 0. The molecule has 0 amide bonds. The molecule has 1 fully saturated rings. The van der Waals surface area contributed by atoms with Crippen molar-refractivity contribution in [1.82, 2.24) is 10.2 Å². The Kier molecular flexibility index (Phi) is 6.00. The molecule has 1 aliphatic heterocycles. The molecule has 0 aromatic heterocycles. The number of halogens is 1. The summed E-state index contributed by atoms with van der Waals surface area (Å²) >= 11 is 6.12. The minimum atomic E-state index is 0.604. The van der Waals surface area contributed by atoms with Gasteiger partial charge in [0.2, 0.25) is 0 Å². The monoisotopic (exact) mass is 357 g/mol. The fourth-order valence-electron chi connectivity index (χ4n) is 3.52. The summed E-state index contributed by atoms with van der Waals surface area (Å²) in [6.07, 6.45) is 2.38. The van der Waals surface area contributed by atoms with Crippen LogP contribution in [0.5, 0.6) is 0 Å². The average Bonchev–Trinajstić information content (AvgIpc) is 2.59. The summed E-state index contributed by atoms with van der Waals surface area (Å²) in [5.74, 6) is 0. The van der Waals surface area contributed by atoms with E-state index < -0.39 is 0 Å². The van der Waals surface area contributed by atoms with Crippen molar-refractivity contribution in [2.75, 3.05) is 18.8 Å². The van der Waals surface area contributed by atoms with Gasteiger partial charge in [0.15, 0.2) is 0 Å². The van der Waals surface area contributed by atoms with Gasteiger partial charge in [-0.1, -0.05) is 41.4 Å². The summed E-state index contributed by atoms with van der Waals surface area (Å²) in [5.41, 5.74) is 11.8. The molecule has 0 saturated carbocycles. The molecular formula is C21H28ClN3. The second kappa shape index (κ2) is 8.22. The lowest BCUT2D eigenvalue weighted by Gasteiger charge is -2.32. The van der Waals surface area contributed by atoms with Gasteiger partial charge < -0.3 is 11.1 Å². The van der Waals surface area contributed by atoms with E-state index in [9.17, 15) is 0 Å². The molecular weight excluding hydrogens is 330 g/mol. The number of likely N-dealkylation sites (tertiary alicyclic amines) is 1. The topological polar surface area (TPSA) is 41.3 Å². The van der Waals surface area contributed by atoms with Crippen LogP contribution in [0.1, 0.15) is 35.1 Å². The van der Waals surface area contributed by atoms with E-state index in [-0.39, 0.29) is 0 Å². The summed E-state index contributed by atoms with van der Waals surface area (Å²) in [5, 5.41) is 4.39. The second-order valence-corrected chi connectivity index (χ2v) is 7.62. The van der Waals surface area contributed by atoms with Gasteiger partial charge in [-0.25, -0.2) is 0 Å². The Hall–Kier alpha value is -1.55. The Morgan fingerprint density at radius 2 is 1.88 bits per heavy atom. The highest BCUT2D eigenvalue weighted by atomic mass is 35.5. The maximum atomic E-state index is 6.12. The van der Waals surface area contributed by atoms with Crippen LogP contribution in [0.2, 0.25) is 5.02 Å². The fourth-order valence-corrected chi connectivity index (χ4v) is 3.72. The summed E-state index contributed by atoms with van der Waals surface area (Å²) in [6.45, 7) is 8.49. The van der Waals surface area contributed by atoms with Crippen molar-refractivity contribution in [3.63, 3.8) is 0 Å². The molecule has 0 atom stereocenters. The van der Waals surface area contributed by atoms with Crippen molar-refractivity contribution < 1.29 is 0 Å². The van der Waals surface area contributed by atoms with Gasteiger partial charge in [-0.05, 0) is 68.6 Å². The van der Waals surface area contributed by atoms with Crippen molar-refractivity contribution in [2.45, 2.75) is 45.8 Å². The predicted octanol–water partition coefficient (Wildman–Crippen LogP) is 4.29. The minimum Gasteiger partial charge on any atom is -0.398 e. The van der Waals surface area contributed by atoms with Crippen LogP contribution in [0.4, 0.5) is 5.69 Å². The van der Waals surface area contributed by atoms with Crippen LogP contribution in [0.25, 0.3) is 0 Å². The number of hydrogen-bond acceptors (Lipinski definition) is 3. The number of rotatable bonds is 5. The molecule has 3 rings (SSSR count). The fraction of sp³-hybridized carbons (Fsp3) is 0.429. The molecule has 2 aromatic carbocycles. The number of nitrogens with two attached hydrogens (primary N) is 1. The molecule has 3 nitrogen and oxygen atoms in total. The van der Waals surface area contributed by atoms with E-state index in [2.05, 4.69) is 48.3 Å². The van der Waals surface area contributed by atoms with Gasteiger partial charge in [-0.3, -0.25) is 4.90 Å². The Morgan fingerprint density at radius 3 is 2.56 bits per heavy atom. The van der Waals surface area contributed by atoms with E-state index in [1.807, 2.05) is 12.1 Å². The lowest BCUT2D eigenvalue weighted by molar-refractivity contribution is 0.190. The first-order chi connectivity index (χ1) is 12.0. The number of hydrogen-bond donors (Lipinski definition) is 2. The zero-order valence-electron chi connectivity index (χ0n) is 15.2. The SMILES string of the molecule is Cc1ccc(CNC2CCN(Cc3ccc(N)c(Cl)c3)CC2)c(C)c1. The minimum absolute atomic E-state index is 0.604. The van der Waals surface area contributed by atoms with E-state index in [1.54, 1.807) is 0 Å². The zero-order valence-corrected chi connectivity index (χ0v) is 15.9. The van der Waals surface area contributed by atoms with Gasteiger partial charge in [0, 0.05) is 19.1 Å². The second-order valence-electron chi connectivity index (χ2n) is 7.22. The van der Waals surface area contributed by atoms with Gasteiger partial charge in [-0.15, -0.1) is 0 Å². The molecule has 1 aliphatic rings. The Bertz CT molecular complexity index is 721. The van der Waals surface area contributed by atoms with Crippen LogP contribution in [-0.2, 0) is 13.1 Å². The van der Waals surface area contributed by atoms with Gasteiger partial charge in [0.1, 0.15) is 0 Å². The van der Waals surface area contributed by atoms with E-state index in [4.69, 9.17) is 17.3 Å². The van der Waals surface area contributed by atoms with Crippen LogP contribution in [0.3, 0.4) is 0 Å². The normalized spacial score (nSPS) is 16.3. The lowest BCUT2D eigenvalue weighted by Crippen LogP contribution is -2.41. The number of aryl methyl sites for hydroxylation is 2. The van der Waals surface area contributed by atoms with E-state index in [0.29, 0.717) is 16.8 Å². The molecule has 4 heteroatoms. The third kappa shape index (κ3) is 4.97. The molecule has 0 aliphatic carbocycles. The molecule has 0 bridgehead atoms. The van der Waals surface area contributed by atoms with Crippen LogP contribution in [0.15, 0.2) is 36.4 Å². The average molecular weight is 358 g/mol. The first-order valence-electron chi connectivity index (χ1n) is 9.07. The third-order valence-corrected chi connectivity index (χ3v) is 5.47. The van der Waals surface area contributed by atoms with Crippen molar-refractivity contribution in [1.29, 1.82) is 0 Å². The number of nitrogens with one attached hydrogen (secondary N) is 1. The molecule has 1 heterocycles. The van der Waals surface area contributed by atoms with Gasteiger partial charge in [0.25, 0.3) is 0 Å². The quantitative estimate of drug-likeness (QED) is 0.784. The molecule has 25 heavy (non-hydrogen) atoms. The van der Waals surface area contributed by atoms with E-state index in [1.165, 1.54) is 35.1 Å². The highest BCUT2D eigenvalue weighted by molar-refractivity contribution is 6.33. The van der Waals surface area contributed by atoms with Crippen molar-refractivity contribution in [3.05, 3.63) is 63.7 Å². The number of anilines is 1. The number of nitrogens with zero attached hydrogens (tertiary/aromatic N) is 1. The summed E-state index contributed by atoms with van der Waals surface area (Å²) in [7, 11) is 0. The van der Waals surface area contributed by atoms with Crippen molar-refractivity contribution >= 4 is 17.3 Å². The van der Waals surface area contributed by atoms with Crippen LogP contribution in [0, 0.1) is 13.8 Å². The van der Waals surface area contributed by atoms with E-state index >= 15 is 0 Å². The molecule has 2 aromatic rings. The van der Waals surface area contributed by atoms with E-state index in [0.717, 1.165) is 26.2 Å². The first kappa shape index (κ1) is 18.2. The largest absolute Gasteiger partial charge is 0.398 e. The highest BCUT2D eigenvalue weighted by Crippen LogP contribution is 2.22. The first-order valence-corrected chi connectivity index (χ1v) is 9.45. The Labute approximate surface area is 156 Å². The molecule has 134 valence electrons. The van der Waals surface area contributed by atoms with Gasteiger partial charge in [0.05, 0.1) is 10.7 Å². The van der Waals surface area contributed by atoms with Crippen molar-refractivity contribution in [3.8, 4) is 0 Å². The number of piperidine rings is 1. The summed E-state index contributed by atoms with van der Waals surface area (Å²) in [4.78, 5) is 2.50. The predicted molar refractivity (Wildman–Crippen MR) is 107 cm³/mol. The van der Waals surface area contributed by atoms with Gasteiger partial charge >= 0.3 is 0 Å². The zero-order chi connectivity index (χ0) is 17.8. The standard InChI is InChI=1S/C21H28ClN3/c1-15-3-5-18(16(2)11-15)13-24-19-7-9-25(10-8-19)14-17-4-6-21(23)20(22)12-17/h3-6,11-12,19,24H,7-10,13-14,23H2,1-2H3. The lowest BCUT2D eigenvalue weighted by atomic mass is 10.0. The van der Waals surface area contributed by atoms with Crippen molar-refractivity contribution in [2.24, 2.45) is 0 Å². The molecule has 0 radical (unpaired) electrons. The number of nitrogen functional groups attached to an aromatic ring is 1.